The lowest BCUT2D eigenvalue weighted by Crippen LogP contribution is -2.76. The predicted octanol–water partition coefficient (Wildman–Crippen LogP) is 3.40. The fourth-order valence-corrected chi connectivity index (χ4v) is 5.31. The van der Waals surface area contributed by atoms with Gasteiger partial charge in [-0.25, -0.2) is 8.78 Å². The molecule has 2 aromatic carbocycles. The van der Waals surface area contributed by atoms with Crippen LogP contribution in [0.15, 0.2) is 36.4 Å². The first-order valence-electron chi connectivity index (χ1n) is 11.5. The first kappa shape index (κ1) is 27.4. The standard InChI is InChI=1S/C25H26Cl2F2N2O6/c1-35-21-11-24(30-22(33)12-36-14-2-4-16(26)18(28)8-14)6-7-25(21,10-20(24)32)31-23(34)13-37-15-3-5-17(27)19(29)9-15/h2-5,8-9,20-21,32H,6-7,10-13H2,1H3,(H,30,33)(H,31,34)/t20?,21-,24?,25-/m1/s1. The molecule has 0 aliphatic heterocycles. The molecule has 3 aliphatic carbocycles. The summed E-state index contributed by atoms with van der Waals surface area (Å²) in [5.74, 6) is -2.00. The van der Waals surface area contributed by atoms with Crippen LogP contribution in [0.1, 0.15) is 25.7 Å². The summed E-state index contributed by atoms with van der Waals surface area (Å²) in [4.78, 5) is 25.3. The molecular weight excluding hydrogens is 533 g/mol. The molecule has 0 heterocycles. The van der Waals surface area contributed by atoms with Crippen molar-refractivity contribution in [1.82, 2.24) is 10.6 Å². The van der Waals surface area contributed by atoms with Crippen LogP contribution >= 0.6 is 23.2 Å². The van der Waals surface area contributed by atoms with Crippen LogP contribution in [-0.4, -0.2) is 60.5 Å². The maximum atomic E-state index is 13.6. The summed E-state index contributed by atoms with van der Waals surface area (Å²) in [5, 5.41) is 16.7. The van der Waals surface area contributed by atoms with Crippen LogP contribution in [0.3, 0.4) is 0 Å². The van der Waals surface area contributed by atoms with Gasteiger partial charge in [0.1, 0.15) is 23.1 Å². The monoisotopic (exact) mass is 558 g/mol. The fourth-order valence-electron chi connectivity index (χ4n) is 5.07. The summed E-state index contributed by atoms with van der Waals surface area (Å²) in [5.41, 5.74) is -1.85. The van der Waals surface area contributed by atoms with Crippen LogP contribution in [0.25, 0.3) is 0 Å². The Kier molecular flexibility index (Phi) is 8.13. The molecule has 0 spiro atoms. The third kappa shape index (κ3) is 5.93. The summed E-state index contributed by atoms with van der Waals surface area (Å²) in [6.07, 6.45) is -0.303. The average Bonchev–Trinajstić information content (AvgIpc) is 2.86. The van der Waals surface area contributed by atoms with Gasteiger partial charge in [-0.1, -0.05) is 23.2 Å². The molecule has 2 bridgehead atoms. The SMILES string of the molecule is CO[C@@H]1CC2(NC(=O)COc3ccc(Cl)c(F)c3)CC[C@@]1(NC(=O)COc1ccc(Cl)c(F)c1)CC2O. The van der Waals surface area contributed by atoms with Gasteiger partial charge < -0.3 is 30.0 Å². The number of halogens is 4. The van der Waals surface area contributed by atoms with Gasteiger partial charge in [-0.3, -0.25) is 9.59 Å². The molecule has 200 valence electrons. The number of amides is 2. The molecule has 3 N–H and O–H groups in total. The second-order valence-electron chi connectivity index (χ2n) is 9.29. The number of hydrogen-bond donors (Lipinski definition) is 3. The maximum absolute atomic E-state index is 13.6. The van der Waals surface area contributed by atoms with Crippen LogP contribution in [0.5, 0.6) is 11.5 Å². The molecule has 3 saturated carbocycles. The lowest BCUT2D eigenvalue weighted by atomic mass is 9.58. The third-order valence-corrected chi connectivity index (χ3v) is 7.57. The number of carbonyl (C=O) groups is 2. The van der Waals surface area contributed by atoms with Gasteiger partial charge in [-0.2, -0.15) is 0 Å². The number of nitrogens with one attached hydrogen (secondary N) is 2. The van der Waals surface area contributed by atoms with E-state index >= 15 is 0 Å². The predicted molar refractivity (Wildman–Crippen MR) is 131 cm³/mol. The van der Waals surface area contributed by atoms with Crippen molar-refractivity contribution >= 4 is 35.0 Å². The first-order chi connectivity index (χ1) is 17.6. The Bertz CT molecular complexity index is 1190. The van der Waals surface area contributed by atoms with Crippen molar-refractivity contribution in [3.05, 3.63) is 58.1 Å². The van der Waals surface area contributed by atoms with Crippen molar-refractivity contribution in [3.63, 3.8) is 0 Å². The van der Waals surface area contributed by atoms with Gasteiger partial charge in [0.25, 0.3) is 11.8 Å². The summed E-state index contributed by atoms with van der Waals surface area (Å²) >= 11 is 11.3. The minimum atomic E-state index is -0.976. The van der Waals surface area contributed by atoms with E-state index in [2.05, 4.69) is 10.6 Å². The number of methoxy groups -OCH3 is 1. The molecular formula is C25H26Cl2F2N2O6. The number of ether oxygens (including phenoxy) is 3. The molecule has 0 saturated heterocycles. The van der Waals surface area contributed by atoms with E-state index in [4.69, 9.17) is 37.4 Å². The Morgan fingerprint density at radius 2 is 1.41 bits per heavy atom. The highest BCUT2D eigenvalue weighted by Crippen LogP contribution is 2.48. The largest absolute Gasteiger partial charge is 0.484 e. The summed E-state index contributed by atoms with van der Waals surface area (Å²) < 4.78 is 43.6. The number of benzene rings is 2. The quantitative estimate of drug-likeness (QED) is 0.435. The van der Waals surface area contributed by atoms with Gasteiger partial charge in [0.05, 0.1) is 33.3 Å². The highest BCUT2D eigenvalue weighted by Gasteiger charge is 2.60. The van der Waals surface area contributed by atoms with Crippen LogP contribution in [0.2, 0.25) is 10.0 Å². The van der Waals surface area contributed by atoms with Gasteiger partial charge >= 0.3 is 0 Å². The van der Waals surface area contributed by atoms with E-state index in [9.17, 15) is 23.5 Å². The van der Waals surface area contributed by atoms with E-state index in [0.717, 1.165) is 12.1 Å². The van der Waals surface area contributed by atoms with Crippen LogP contribution in [-0.2, 0) is 14.3 Å². The van der Waals surface area contributed by atoms with Crippen molar-refractivity contribution in [2.75, 3.05) is 20.3 Å². The number of aliphatic hydroxyl groups is 1. The smallest absolute Gasteiger partial charge is 0.258 e. The number of hydrogen-bond acceptors (Lipinski definition) is 6. The summed E-state index contributed by atoms with van der Waals surface area (Å²) in [6.45, 7) is -0.766. The Morgan fingerprint density at radius 3 is 1.86 bits per heavy atom. The van der Waals surface area contributed by atoms with Gasteiger partial charge in [0, 0.05) is 32.1 Å². The van der Waals surface area contributed by atoms with E-state index in [1.165, 1.54) is 31.4 Å². The second kappa shape index (κ2) is 11.0. The molecule has 8 nitrogen and oxygen atoms in total. The number of rotatable bonds is 9. The molecule has 2 unspecified atom stereocenters. The Balaban J connectivity index is 1.35. The minimum Gasteiger partial charge on any atom is -0.484 e. The zero-order valence-corrected chi connectivity index (χ0v) is 21.4. The van der Waals surface area contributed by atoms with E-state index in [1.54, 1.807) is 0 Å². The van der Waals surface area contributed by atoms with Crippen molar-refractivity contribution < 1.29 is 37.7 Å². The third-order valence-electron chi connectivity index (χ3n) is 6.96. The minimum absolute atomic E-state index is 0.0574. The molecule has 2 aromatic rings. The summed E-state index contributed by atoms with van der Waals surface area (Å²) in [7, 11) is 1.49. The van der Waals surface area contributed by atoms with Crippen molar-refractivity contribution in [2.45, 2.75) is 49.0 Å². The highest BCUT2D eigenvalue weighted by atomic mass is 35.5. The van der Waals surface area contributed by atoms with E-state index in [0.29, 0.717) is 12.8 Å². The molecule has 5 rings (SSSR count). The number of aliphatic hydroxyl groups excluding tert-OH is 1. The van der Waals surface area contributed by atoms with E-state index < -0.39 is 53.3 Å². The van der Waals surface area contributed by atoms with Gasteiger partial charge in [-0.15, -0.1) is 0 Å². The summed E-state index contributed by atoms with van der Waals surface area (Å²) in [6, 6.07) is 7.71. The molecule has 2 amide bonds. The Morgan fingerprint density at radius 1 is 0.919 bits per heavy atom. The zero-order valence-electron chi connectivity index (χ0n) is 19.9. The first-order valence-corrected chi connectivity index (χ1v) is 12.3. The van der Waals surface area contributed by atoms with Crippen LogP contribution in [0, 0.1) is 11.6 Å². The van der Waals surface area contributed by atoms with Gasteiger partial charge in [-0.05, 0) is 37.1 Å². The average molecular weight is 559 g/mol. The maximum Gasteiger partial charge on any atom is 0.258 e. The number of fused-ring (bicyclic) bond motifs is 3. The molecule has 12 heteroatoms. The van der Waals surface area contributed by atoms with E-state index in [1.807, 2.05) is 0 Å². The topological polar surface area (TPSA) is 106 Å². The van der Waals surface area contributed by atoms with E-state index in [-0.39, 0.29) is 41.0 Å². The normalized spacial score (nSPS) is 26.4. The molecule has 3 aliphatic rings. The molecule has 4 atom stereocenters. The lowest BCUT2D eigenvalue weighted by Gasteiger charge is -2.59. The molecule has 0 radical (unpaired) electrons. The second-order valence-corrected chi connectivity index (χ2v) is 10.1. The number of carbonyl (C=O) groups excluding carboxylic acids is 2. The van der Waals surface area contributed by atoms with Crippen molar-refractivity contribution in [1.29, 1.82) is 0 Å². The molecule has 37 heavy (non-hydrogen) atoms. The Hall–Kier alpha value is -2.66. The molecule has 0 aromatic heterocycles. The highest BCUT2D eigenvalue weighted by molar-refractivity contribution is 6.31. The lowest BCUT2D eigenvalue weighted by molar-refractivity contribution is -0.157. The van der Waals surface area contributed by atoms with Gasteiger partial charge in [0.2, 0.25) is 0 Å². The van der Waals surface area contributed by atoms with Crippen LogP contribution < -0.4 is 20.1 Å². The van der Waals surface area contributed by atoms with Crippen molar-refractivity contribution in [2.24, 2.45) is 0 Å². The fraction of sp³-hybridized carbons (Fsp3) is 0.440. The van der Waals surface area contributed by atoms with Gasteiger partial charge in [0.15, 0.2) is 13.2 Å². The zero-order chi connectivity index (χ0) is 26.8. The Labute approximate surface area is 222 Å². The van der Waals surface area contributed by atoms with Crippen LogP contribution in [0.4, 0.5) is 8.78 Å². The molecule has 3 fully saturated rings. The van der Waals surface area contributed by atoms with Crippen molar-refractivity contribution in [3.8, 4) is 11.5 Å².